The number of benzene rings is 1. The Hall–Kier alpha value is -1.26. The van der Waals surface area contributed by atoms with Crippen LogP contribution >= 0.6 is 12.4 Å². The second-order valence-corrected chi connectivity index (χ2v) is 4.31. The minimum Gasteiger partial charge on any atom is -0.497 e. The van der Waals surface area contributed by atoms with E-state index in [9.17, 15) is 4.79 Å². The minimum absolute atomic E-state index is 0. The first-order chi connectivity index (χ1) is 8.24. The molecule has 100 valence electrons. The summed E-state index contributed by atoms with van der Waals surface area (Å²) in [5.74, 6) is 0.861. The van der Waals surface area contributed by atoms with Crippen LogP contribution in [0.15, 0.2) is 24.3 Å². The molecule has 1 fully saturated rings. The molecule has 5 heteroatoms. The van der Waals surface area contributed by atoms with E-state index in [0.717, 1.165) is 24.2 Å². The molecule has 2 N–H and O–H groups in total. The number of carbonyl (C=O) groups excluding carboxylic acids is 1. The molecular weight excluding hydrogens is 252 g/mol. The van der Waals surface area contributed by atoms with Gasteiger partial charge in [-0.05, 0) is 30.5 Å². The zero-order valence-electron chi connectivity index (χ0n) is 10.5. The number of methoxy groups -OCH3 is 1. The summed E-state index contributed by atoms with van der Waals surface area (Å²) >= 11 is 0. The number of hydrogen-bond donors (Lipinski definition) is 1. The molecule has 1 aromatic rings. The first-order valence-corrected chi connectivity index (χ1v) is 5.87. The molecule has 2 rings (SSSR count). The number of ether oxygens (including phenoxy) is 1. The van der Waals surface area contributed by atoms with Crippen LogP contribution in [0.2, 0.25) is 0 Å². The van der Waals surface area contributed by atoms with Crippen molar-refractivity contribution in [3.05, 3.63) is 29.8 Å². The van der Waals surface area contributed by atoms with Crippen LogP contribution < -0.4 is 10.5 Å². The SMILES string of the molecule is COc1ccc(CN(C(=O)CN)C2CC2)cc1.Cl. The number of nitrogens with two attached hydrogens (primary N) is 1. The van der Waals surface area contributed by atoms with Gasteiger partial charge in [0.25, 0.3) is 0 Å². The van der Waals surface area contributed by atoms with E-state index < -0.39 is 0 Å². The van der Waals surface area contributed by atoms with E-state index in [4.69, 9.17) is 10.5 Å². The number of hydrogen-bond acceptors (Lipinski definition) is 3. The van der Waals surface area contributed by atoms with Gasteiger partial charge in [0.1, 0.15) is 5.75 Å². The van der Waals surface area contributed by atoms with Gasteiger partial charge in [-0.25, -0.2) is 0 Å². The predicted octanol–water partition coefficient (Wildman–Crippen LogP) is 1.57. The Balaban J connectivity index is 0.00000162. The van der Waals surface area contributed by atoms with Crippen molar-refractivity contribution in [1.82, 2.24) is 4.90 Å². The highest BCUT2D eigenvalue weighted by Gasteiger charge is 2.31. The Bertz CT molecular complexity index is 390. The number of halogens is 1. The first kappa shape index (κ1) is 14.8. The molecule has 0 saturated heterocycles. The molecule has 1 aliphatic carbocycles. The highest BCUT2D eigenvalue weighted by atomic mass is 35.5. The lowest BCUT2D eigenvalue weighted by molar-refractivity contribution is -0.130. The van der Waals surface area contributed by atoms with Gasteiger partial charge in [0, 0.05) is 12.6 Å². The molecule has 0 atom stereocenters. The van der Waals surface area contributed by atoms with Gasteiger partial charge in [-0.2, -0.15) is 0 Å². The maximum absolute atomic E-state index is 11.7. The zero-order valence-corrected chi connectivity index (χ0v) is 11.3. The third-order valence-electron chi connectivity index (χ3n) is 2.99. The fraction of sp³-hybridized carbons (Fsp3) is 0.462. The molecule has 1 saturated carbocycles. The number of amides is 1. The predicted molar refractivity (Wildman–Crippen MR) is 72.9 cm³/mol. The average Bonchev–Trinajstić information content (AvgIpc) is 3.20. The van der Waals surface area contributed by atoms with Gasteiger partial charge in [-0.1, -0.05) is 12.1 Å². The van der Waals surface area contributed by atoms with E-state index in [1.54, 1.807) is 7.11 Å². The summed E-state index contributed by atoms with van der Waals surface area (Å²) < 4.78 is 5.10. The van der Waals surface area contributed by atoms with Gasteiger partial charge in [0.2, 0.25) is 5.91 Å². The summed E-state index contributed by atoms with van der Waals surface area (Å²) in [6.07, 6.45) is 2.20. The van der Waals surface area contributed by atoms with Gasteiger partial charge in [-0.15, -0.1) is 12.4 Å². The largest absolute Gasteiger partial charge is 0.497 e. The van der Waals surface area contributed by atoms with Crippen LogP contribution in [0.5, 0.6) is 5.75 Å². The molecule has 0 unspecified atom stereocenters. The quantitative estimate of drug-likeness (QED) is 0.884. The van der Waals surface area contributed by atoms with Crippen molar-refractivity contribution in [2.45, 2.75) is 25.4 Å². The Labute approximate surface area is 114 Å². The third-order valence-corrected chi connectivity index (χ3v) is 2.99. The number of nitrogens with zero attached hydrogens (tertiary/aromatic N) is 1. The van der Waals surface area contributed by atoms with Crippen molar-refractivity contribution in [1.29, 1.82) is 0 Å². The highest BCUT2D eigenvalue weighted by Crippen LogP contribution is 2.28. The van der Waals surface area contributed by atoms with Crippen LogP contribution in [0.3, 0.4) is 0 Å². The van der Waals surface area contributed by atoms with Crippen LogP contribution in [0.4, 0.5) is 0 Å². The lowest BCUT2D eigenvalue weighted by Gasteiger charge is -2.21. The maximum Gasteiger partial charge on any atom is 0.236 e. The van der Waals surface area contributed by atoms with Gasteiger partial charge in [-0.3, -0.25) is 4.79 Å². The topological polar surface area (TPSA) is 55.6 Å². The van der Waals surface area contributed by atoms with Gasteiger partial charge >= 0.3 is 0 Å². The minimum atomic E-state index is 0. The van der Waals surface area contributed by atoms with E-state index >= 15 is 0 Å². The third kappa shape index (κ3) is 3.62. The van der Waals surface area contributed by atoms with Gasteiger partial charge in [0.15, 0.2) is 0 Å². The number of carbonyl (C=O) groups is 1. The second-order valence-electron chi connectivity index (χ2n) is 4.31. The Morgan fingerprint density at radius 3 is 2.44 bits per heavy atom. The van der Waals surface area contributed by atoms with E-state index in [0.29, 0.717) is 12.6 Å². The second kappa shape index (κ2) is 6.61. The van der Waals surface area contributed by atoms with Crippen molar-refractivity contribution in [3.8, 4) is 5.75 Å². The van der Waals surface area contributed by atoms with Crippen molar-refractivity contribution in [2.24, 2.45) is 5.73 Å². The fourth-order valence-electron chi connectivity index (χ4n) is 1.85. The van der Waals surface area contributed by atoms with E-state index in [1.165, 1.54) is 0 Å². The van der Waals surface area contributed by atoms with E-state index in [-0.39, 0.29) is 24.9 Å². The number of rotatable bonds is 5. The lowest BCUT2D eigenvalue weighted by Crippen LogP contribution is -2.37. The molecule has 0 aromatic heterocycles. The molecule has 0 bridgehead atoms. The molecule has 0 heterocycles. The summed E-state index contributed by atoms with van der Waals surface area (Å²) in [5, 5.41) is 0. The Morgan fingerprint density at radius 1 is 1.39 bits per heavy atom. The van der Waals surface area contributed by atoms with Gasteiger partial charge < -0.3 is 15.4 Å². The van der Waals surface area contributed by atoms with E-state index in [2.05, 4.69) is 0 Å². The fourth-order valence-corrected chi connectivity index (χ4v) is 1.85. The average molecular weight is 271 g/mol. The maximum atomic E-state index is 11.7. The van der Waals surface area contributed by atoms with Gasteiger partial charge in [0.05, 0.1) is 13.7 Å². The van der Waals surface area contributed by atoms with Crippen molar-refractivity contribution >= 4 is 18.3 Å². The van der Waals surface area contributed by atoms with Crippen molar-refractivity contribution in [2.75, 3.05) is 13.7 Å². The first-order valence-electron chi connectivity index (χ1n) is 5.87. The van der Waals surface area contributed by atoms with Crippen molar-refractivity contribution in [3.63, 3.8) is 0 Å². The van der Waals surface area contributed by atoms with E-state index in [1.807, 2.05) is 29.2 Å². The van der Waals surface area contributed by atoms with Crippen LogP contribution in [-0.4, -0.2) is 30.5 Å². The molecule has 1 aliphatic rings. The zero-order chi connectivity index (χ0) is 12.3. The summed E-state index contributed by atoms with van der Waals surface area (Å²) in [6, 6.07) is 8.18. The Morgan fingerprint density at radius 2 is 2.00 bits per heavy atom. The van der Waals surface area contributed by atoms with Crippen LogP contribution in [0.1, 0.15) is 18.4 Å². The van der Waals surface area contributed by atoms with Crippen LogP contribution in [-0.2, 0) is 11.3 Å². The molecule has 0 aliphatic heterocycles. The monoisotopic (exact) mass is 270 g/mol. The molecular formula is C13H19ClN2O2. The molecule has 0 radical (unpaired) electrons. The normalized spacial score (nSPS) is 13.7. The molecule has 4 nitrogen and oxygen atoms in total. The molecule has 1 amide bonds. The van der Waals surface area contributed by atoms with Crippen molar-refractivity contribution < 1.29 is 9.53 Å². The highest BCUT2D eigenvalue weighted by molar-refractivity contribution is 5.85. The van der Waals surface area contributed by atoms with Crippen LogP contribution in [0.25, 0.3) is 0 Å². The molecule has 18 heavy (non-hydrogen) atoms. The standard InChI is InChI=1S/C13H18N2O2.ClH/c1-17-12-6-2-10(3-7-12)9-15(11-4-5-11)13(16)8-14;/h2-3,6-7,11H,4-5,8-9,14H2,1H3;1H. The molecule has 0 spiro atoms. The Kier molecular flexibility index (Phi) is 5.44. The lowest BCUT2D eigenvalue weighted by atomic mass is 10.2. The summed E-state index contributed by atoms with van der Waals surface area (Å²) in [7, 11) is 1.64. The summed E-state index contributed by atoms with van der Waals surface area (Å²) in [4.78, 5) is 13.6. The summed E-state index contributed by atoms with van der Waals surface area (Å²) in [6.45, 7) is 0.733. The summed E-state index contributed by atoms with van der Waals surface area (Å²) in [5.41, 5.74) is 6.54. The van der Waals surface area contributed by atoms with Crippen LogP contribution in [0, 0.1) is 0 Å². The smallest absolute Gasteiger partial charge is 0.236 e. The molecule has 1 aromatic carbocycles.